The number of anilines is 1. The number of aromatic amines is 1. The summed E-state index contributed by atoms with van der Waals surface area (Å²) in [6, 6.07) is 19.6. The van der Waals surface area contributed by atoms with Crippen molar-refractivity contribution < 1.29 is 14.3 Å². The van der Waals surface area contributed by atoms with Crippen molar-refractivity contribution in [2.45, 2.75) is 13.5 Å². The molecule has 0 atom stereocenters. The van der Waals surface area contributed by atoms with E-state index in [0.717, 1.165) is 5.39 Å². The van der Waals surface area contributed by atoms with Crippen LogP contribution in [0.3, 0.4) is 0 Å². The maximum absolute atomic E-state index is 13.3. The number of ether oxygens (including phenoxy) is 2. The quantitative estimate of drug-likeness (QED) is 0.476. The third kappa shape index (κ3) is 4.46. The standard InChI is InChI=1S/C25H23N3O4/c1-3-32-20-11-8-19(9-12-20)28(25(30)22-6-4-5-13-26-22)16-18-14-17-7-10-21(31-2)15-23(17)27-24(18)29/h4-15H,3,16H2,1-2H3,(H,27,29). The number of methoxy groups -OCH3 is 1. The van der Waals surface area contributed by atoms with E-state index in [9.17, 15) is 9.59 Å². The maximum Gasteiger partial charge on any atom is 0.277 e. The number of rotatable bonds is 7. The van der Waals surface area contributed by atoms with Gasteiger partial charge in [0, 0.05) is 23.5 Å². The Hall–Kier alpha value is -4.13. The number of nitrogens with one attached hydrogen (secondary N) is 1. The van der Waals surface area contributed by atoms with Crippen LogP contribution in [0.4, 0.5) is 5.69 Å². The molecule has 7 heteroatoms. The van der Waals surface area contributed by atoms with E-state index in [1.54, 1.807) is 67.9 Å². The first kappa shape index (κ1) is 21.1. The van der Waals surface area contributed by atoms with E-state index >= 15 is 0 Å². The summed E-state index contributed by atoms with van der Waals surface area (Å²) >= 11 is 0. The van der Waals surface area contributed by atoms with Gasteiger partial charge in [0.2, 0.25) is 0 Å². The third-order valence-electron chi connectivity index (χ3n) is 5.05. The van der Waals surface area contributed by atoms with Gasteiger partial charge >= 0.3 is 0 Å². The van der Waals surface area contributed by atoms with Crippen LogP contribution < -0.4 is 19.9 Å². The zero-order valence-electron chi connectivity index (χ0n) is 17.9. The molecular weight excluding hydrogens is 406 g/mol. The molecule has 0 bridgehead atoms. The number of nitrogens with zero attached hydrogens (tertiary/aromatic N) is 2. The van der Waals surface area contributed by atoms with Crippen molar-refractivity contribution in [1.82, 2.24) is 9.97 Å². The van der Waals surface area contributed by atoms with E-state index < -0.39 is 0 Å². The highest BCUT2D eigenvalue weighted by atomic mass is 16.5. The van der Waals surface area contributed by atoms with Gasteiger partial charge in [0.15, 0.2) is 0 Å². The van der Waals surface area contributed by atoms with Gasteiger partial charge in [-0.15, -0.1) is 0 Å². The van der Waals surface area contributed by atoms with Crippen LogP contribution in [0.1, 0.15) is 23.0 Å². The minimum Gasteiger partial charge on any atom is -0.497 e. The average Bonchev–Trinajstić information content (AvgIpc) is 2.83. The Morgan fingerprint density at radius 1 is 1.03 bits per heavy atom. The summed E-state index contributed by atoms with van der Waals surface area (Å²) in [5.74, 6) is 1.06. The predicted molar refractivity (Wildman–Crippen MR) is 123 cm³/mol. The molecule has 1 N–H and O–H groups in total. The first-order chi connectivity index (χ1) is 15.6. The van der Waals surface area contributed by atoms with Gasteiger partial charge in [-0.25, -0.2) is 0 Å². The Labute approximate surface area is 185 Å². The number of aromatic nitrogens is 2. The minimum absolute atomic E-state index is 0.0840. The lowest BCUT2D eigenvalue weighted by molar-refractivity contribution is 0.0980. The van der Waals surface area contributed by atoms with Crippen LogP contribution in [0.5, 0.6) is 11.5 Å². The lowest BCUT2D eigenvalue weighted by Crippen LogP contribution is -2.33. The molecule has 162 valence electrons. The van der Waals surface area contributed by atoms with Crippen LogP contribution in [0, 0.1) is 0 Å². The molecule has 4 aromatic rings. The molecule has 0 radical (unpaired) electrons. The van der Waals surface area contributed by atoms with Crippen LogP contribution in [-0.4, -0.2) is 29.6 Å². The SMILES string of the molecule is CCOc1ccc(N(Cc2cc3ccc(OC)cc3[nH]c2=O)C(=O)c2ccccn2)cc1. The third-order valence-corrected chi connectivity index (χ3v) is 5.05. The Balaban J connectivity index is 1.74. The zero-order valence-corrected chi connectivity index (χ0v) is 17.9. The molecule has 4 rings (SSSR count). The number of hydrogen-bond donors (Lipinski definition) is 1. The first-order valence-electron chi connectivity index (χ1n) is 10.2. The molecule has 0 aliphatic heterocycles. The maximum atomic E-state index is 13.3. The Bertz CT molecular complexity index is 1280. The molecule has 32 heavy (non-hydrogen) atoms. The van der Waals surface area contributed by atoms with Crippen LogP contribution in [0.25, 0.3) is 10.9 Å². The molecule has 0 fully saturated rings. The molecule has 0 spiro atoms. The second-order valence-electron chi connectivity index (χ2n) is 7.11. The van der Waals surface area contributed by atoms with E-state index in [2.05, 4.69) is 9.97 Å². The number of amides is 1. The Kier molecular flexibility index (Phi) is 6.17. The van der Waals surface area contributed by atoms with Gasteiger partial charge < -0.3 is 19.4 Å². The van der Waals surface area contributed by atoms with E-state index in [0.29, 0.717) is 40.6 Å². The normalized spacial score (nSPS) is 10.7. The topological polar surface area (TPSA) is 84.5 Å². The molecule has 0 saturated heterocycles. The van der Waals surface area contributed by atoms with Crippen molar-refractivity contribution in [3.8, 4) is 11.5 Å². The van der Waals surface area contributed by atoms with E-state index in [1.165, 1.54) is 4.90 Å². The van der Waals surface area contributed by atoms with Crippen LogP contribution in [0.15, 0.2) is 77.7 Å². The predicted octanol–water partition coefficient (Wildman–Crippen LogP) is 4.18. The number of benzene rings is 2. The number of H-pyrrole nitrogens is 1. The van der Waals surface area contributed by atoms with Crippen molar-refractivity contribution >= 4 is 22.5 Å². The summed E-state index contributed by atoms with van der Waals surface area (Å²) in [5, 5.41) is 0.845. The lowest BCUT2D eigenvalue weighted by Gasteiger charge is -2.23. The highest BCUT2D eigenvalue weighted by molar-refractivity contribution is 6.04. The number of fused-ring (bicyclic) bond motifs is 1. The van der Waals surface area contributed by atoms with Gasteiger partial charge in [0.05, 0.1) is 25.8 Å². The fraction of sp³-hybridized carbons (Fsp3) is 0.160. The molecule has 2 heterocycles. The molecular formula is C25H23N3O4. The largest absolute Gasteiger partial charge is 0.497 e. The van der Waals surface area contributed by atoms with Crippen LogP contribution in [0.2, 0.25) is 0 Å². The van der Waals surface area contributed by atoms with Gasteiger partial charge in [-0.2, -0.15) is 0 Å². The van der Waals surface area contributed by atoms with Crippen molar-refractivity contribution in [3.63, 3.8) is 0 Å². The van der Waals surface area contributed by atoms with Gasteiger partial charge in [-0.05, 0) is 66.9 Å². The number of hydrogen-bond acceptors (Lipinski definition) is 5. The molecule has 0 aliphatic rings. The molecule has 2 aromatic carbocycles. The molecule has 7 nitrogen and oxygen atoms in total. The summed E-state index contributed by atoms with van der Waals surface area (Å²) in [7, 11) is 1.57. The zero-order chi connectivity index (χ0) is 22.5. The average molecular weight is 429 g/mol. The minimum atomic E-state index is -0.302. The molecule has 0 unspecified atom stereocenters. The summed E-state index contributed by atoms with van der Waals surface area (Å²) in [6.07, 6.45) is 1.57. The van der Waals surface area contributed by atoms with Crippen molar-refractivity contribution in [2.75, 3.05) is 18.6 Å². The molecule has 1 amide bonds. The number of carbonyl (C=O) groups excluding carboxylic acids is 1. The van der Waals surface area contributed by atoms with Crippen molar-refractivity contribution in [2.24, 2.45) is 0 Å². The van der Waals surface area contributed by atoms with Crippen LogP contribution in [-0.2, 0) is 6.54 Å². The monoisotopic (exact) mass is 429 g/mol. The van der Waals surface area contributed by atoms with Crippen LogP contribution >= 0.6 is 0 Å². The summed E-state index contributed by atoms with van der Waals surface area (Å²) < 4.78 is 10.7. The van der Waals surface area contributed by atoms with E-state index in [4.69, 9.17) is 9.47 Å². The van der Waals surface area contributed by atoms with Crippen molar-refractivity contribution in [1.29, 1.82) is 0 Å². The molecule has 0 saturated carbocycles. The Morgan fingerprint density at radius 2 is 1.81 bits per heavy atom. The first-order valence-corrected chi connectivity index (χ1v) is 10.2. The fourth-order valence-corrected chi connectivity index (χ4v) is 3.44. The van der Waals surface area contributed by atoms with Gasteiger partial charge in [-0.3, -0.25) is 14.6 Å². The molecule has 0 aliphatic carbocycles. The van der Waals surface area contributed by atoms with E-state index in [1.807, 2.05) is 19.1 Å². The highest BCUT2D eigenvalue weighted by Gasteiger charge is 2.21. The van der Waals surface area contributed by atoms with Gasteiger partial charge in [0.1, 0.15) is 17.2 Å². The van der Waals surface area contributed by atoms with E-state index in [-0.39, 0.29) is 18.0 Å². The summed E-state index contributed by atoms with van der Waals surface area (Å²) in [5.41, 5.74) is 1.79. The Morgan fingerprint density at radius 3 is 2.50 bits per heavy atom. The number of carbonyl (C=O) groups is 1. The highest BCUT2D eigenvalue weighted by Crippen LogP contribution is 2.24. The van der Waals surface area contributed by atoms with Crippen molar-refractivity contribution in [3.05, 3.63) is 94.5 Å². The fourth-order valence-electron chi connectivity index (χ4n) is 3.44. The van der Waals surface area contributed by atoms with Gasteiger partial charge in [0.25, 0.3) is 11.5 Å². The summed E-state index contributed by atoms with van der Waals surface area (Å²) in [6.45, 7) is 2.54. The number of pyridine rings is 2. The second kappa shape index (κ2) is 9.34. The molecule has 2 aromatic heterocycles. The summed E-state index contributed by atoms with van der Waals surface area (Å²) in [4.78, 5) is 34.8. The van der Waals surface area contributed by atoms with Gasteiger partial charge in [-0.1, -0.05) is 6.07 Å². The second-order valence-corrected chi connectivity index (χ2v) is 7.11. The smallest absolute Gasteiger partial charge is 0.277 e. The lowest BCUT2D eigenvalue weighted by atomic mass is 10.1.